The molecule has 0 aliphatic heterocycles. The zero-order valence-corrected chi connectivity index (χ0v) is 19.6. The highest BCUT2D eigenvalue weighted by atomic mass is 32.2. The third-order valence-corrected chi connectivity index (χ3v) is 6.38. The number of anilines is 1. The van der Waals surface area contributed by atoms with E-state index in [1.165, 1.54) is 6.08 Å². The largest absolute Gasteiger partial charge is 0.489 e. The number of nitrogens with one attached hydrogen (secondary N) is 1. The Hall–Kier alpha value is -4.07. The minimum atomic E-state index is -3.58. The van der Waals surface area contributed by atoms with Crippen LogP contribution in [0.2, 0.25) is 0 Å². The fraction of sp³-hybridized carbons (Fsp3) is 0.0833. The summed E-state index contributed by atoms with van der Waals surface area (Å²) in [4.78, 5) is 16.2. The van der Waals surface area contributed by atoms with Crippen molar-refractivity contribution in [1.29, 1.82) is 5.26 Å². The second-order valence-electron chi connectivity index (χ2n) is 7.27. The molecule has 1 heterocycles. The van der Waals surface area contributed by atoms with E-state index >= 15 is 0 Å². The number of hydrogen-bond acceptors (Lipinski definition) is 8. The minimum Gasteiger partial charge on any atom is -0.489 e. The highest BCUT2D eigenvalue weighted by Gasteiger charge is 2.17. The van der Waals surface area contributed by atoms with E-state index in [1.54, 1.807) is 24.3 Å². The topological polar surface area (TPSA) is 122 Å². The molecular formula is C24H18N4O4S2. The molecule has 3 aromatic carbocycles. The van der Waals surface area contributed by atoms with Gasteiger partial charge in [0.1, 0.15) is 24.0 Å². The Morgan fingerprint density at radius 2 is 1.85 bits per heavy atom. The maximum absolute atomic E-state index is 12.4. The van der Waals surface area contributed by atoms with Crippen LogP contribution < -0.4 is 10.1 Å². The van der Waals surface area contributed by atoms with Crippen LogP contribution >= 0.6 is 11.5 Å². The number of nitrogens with zero attached hydrogens (tertiary/aromatic N) is 3. The molecule has 0 bridgehead atoms. The smallest absolute Gasteiger partial charge is 0.268 e. The van der Waals surface area contributed by atoms with Crippen molar-refractivity contribution >= 4 is 49.3 Å². The van der Waals surface area contributed by atoms with E-state index in [2.05, 4.69) is 32.9 Å². The summed E-state index contributed by atoms with van der Waals surface area (Å²) in [6, 6.07) is 23.0. The summed E-state index contributed by atoms with van der Waals surface area (Å²) in [6.07, 6.45) is 2.39. The van der Waals surface area contributed by atoms with Gasteiger partial charge in [0.05, 0.1) is 0 Å². The van der Waals surface area contributed by atoms with Crippen LogP contribution in [0.25, 0.3) is 16.8 Å². The number of carbonyl (C=O) groups excluding carboxylic acids is 1. The molecule has 0 radical (unpaired) electrons. The SMILES string of the molecule is CS(=O)(=O)c1nsc(NC(=O)C(C#N)=Cc2ccc(OCc3cccc4ccccc34)cc2)n1. The lowest BCUT2D eigenvalue weighted by Crippen LogP contribution is -2.13. The standard InChI is InChI=1S/C24H18N4O4S2/c1-34(30,31)24-27-23(33-28-24)26-22(29)19(14-25)13-16-9-11-20(12-10-16)32-15-18-7-4-6-17-5-2-3-8-21(17)18/h2-13H,15H2,1H3,(H,26,27,28,29). The second-order valence-corrected chi connectivity index (χ2v) is 9.94. The minimum absolute atomic E-state index is 0.0104. The first-order chi connectivity index (χ1) is 16.3. The summed E-state index contributed by atoms with van der Waals surface area (Å²) in [5, 5.41) is 13.7. The summed E-state index contributed by atoms with van der Waals surface area (Å²) in [5.74, 6) is -0.0646. The Morgan fingerprint density at radius 3 is 2.56 bits per heavy atom. The average Bonchev–Trinajstić information content (AvgIpc) is 3.31. The Kier molecular flexibility index (Phi) is 6.67. The van der Waals surface area contributed by atoms with E-state index in [0.717, 1.165) is 34.1 Å². The maximum Gasteiger partial charge on any atom is 0.268 e. The average molecular weight is 491 g/mol. The molecule has 4 rings (SSSR count). The van der Waals surface area contributed by atoms with Gasteiger partial charge in [0.25, 0.3) is 11.1 Å². The number of carbonyl (C=O) groups is 1. The summed E-state index contributed by atoms with van der Waals surface area (Å²) in [6.45, 7) is 0.402. The fourth-order valence-corrected chi connectivity index (χ4v) is 4.57. The monoisotopic (exact) mass is 490 g/mol. The normalized spacial score (nSPS) is 11.7. The van der Waals surface area contributed by atoms with E-state index < -0.39 is 15.7 Å². The lowest BCUT2D eigenvalue weighted by molar-refractivity contribution is -0.112. The van der Waals surface area contributed by atoms with Crippen LogP contribution in [-0.2, 0) is 21.2 Å². The van der Waals surface area contributed by atoms with Crippen molar-refractivity contribution in [1.82, 2.24) is 9.36 Å². The molecule has 10 heteroatoms. The molecule has 8 nitrogen and oxygen atoms in total. The first kappa shape index (κ1) is 23.1. The number of amides is 1. The Bertz CT molecular complexity index is 1530. The molecule has 34 heavy (non-hydrogen) atoms. The molecule has 0 aliphatic carbocycles. The van der Waals surface area contributed by atoms with Gasteiger partial charge < -0.3 is 4.74 Å². The molecule has 1 N–H and O–H groups in total. The molecule has 1 aromatic heterocycles. The lowest BCUT2D eigenvalue weighted by atomic mass is 10.1. The molecule has 170 valence electrons. The quantitative estimate of drug-likeness (QED) is 0.304. The number of benzene rings is 3. The first-order valence-electron chi connectivity index (χ1n) is 10.00. The molecule has 4 aromatic rings. The van der Waals surface area contributed by atoms with Gasteiger partial charge in [-0.15, -0.1) is 0 Å². The lowest BCUT2D eigenvalue weighted by Gasteiger charge is -2.09. The Morgan fingerprint density at radius 1 is 1.12 bits per heavy atom. The molecule has 0 aliphatic rings. The van der Waals surface area contributed by atoms with E-state index in [4.69, 9.17) is 4.74 Å². The summed E-state index contributed by atoms with van der Waals surface area (Å²) in [5.41, 5.74) is 1.53. The highest BCUT2D eigenvalue weighted by molar-refractivity contribution is 7.90. The van der Waals surface area contributed by atoms with E-state index in [-0.39, 0.29) is 15.9 Å². The van der Waals surface area contributed by atoms with Gasteiger partial charge in [-0.3, -0.25) is 10.1 Å². The maximum atomic E-state index is 12.4. The molecule has 1 amide bonds. The summed E-state index contributed by atoms with van der Waals surface area (Å²) in [7, 11) is -3.58. The van der Waals surface area contributed by atoms with Crippen molar-refractivity contribution in [2.24, 2.45) is 0 Å². The van der Waals surface area contributed by atoms with Gasteiger partial charge in [0.15, 0.2) is 0 Å². The molecule has 0 fully saturated rings. The molecule has 0 saturated heterocycles. The number of aromatic nitrogens is 2. The zero-order chi connectivity index (χ0) is 24.1. The van der Waals surface area contributed by atoms with Gasteiger partial charge in [-0.05, 0) is 40.1 Å². The van der Waals surface area contributed by atoms with Gasteiger partial charge >= 0.3 is 0 Å². The first-order valence-corrected chi connectivity index (χ1v) is 12.7. The van der Waals surface area contributed by atoms with E-state index in [9.17, 15) is 18.5 Å². The molecule has 0 spiro atoms. The number of nitriles is 1. The number of rotatable bonds is 7. The number of ether oxygens (including phenoxy) is 1. The Labute approximate surface area is 200 Å². The number of hydrogen-bond donors (Lipinski definition) is 1. The predicted octanol–water partition coefficient (Wildman–Crippen LogP) is 4.22. The van der Waals surface area contributed by atoms with Crippen molar-refractivity contribution in [3.05, 3.63) is 83.4 Å². The summed E-state index contributed by atoms with van der Waals surface area (Å²) >= 11 is 0.720. The second kappa shape index (κ2) is 9.82. The van der Waals surface area contributed by atoms with Crippen LogP contribution in [0, 0.1) is 11.3 Å². The van der Waals surface area contributed by atoms with Crippen LogP contribution in [0.4, 0.5) is 5.13 Å². The number of fused-ring (bicyclic) bond motifs is 1. The Balaban J connectivity index is 1.43. The van der Waals surface area contributed by atoms with Crippen molar-refractivity contribution in [2.45, 2.75) is 11.8 Å². The third-order valence-electron chi connectivity index (χ3n) is 4.79. The molecule has 0 saturated carbocycles. The highest BCUT2D eigenvalue weighted by Crippen LogP contribution is 2.22. The van der Waals surface area contributed by atoms with Gasteiger partial charge in [-0.2, -0.15) is 14.6 Å². The molecule has 0 atom stereocenters. The van der Waals surface area contributed by atoms with Gasteiger partial charge in [0, 0.05) is 17.8 Å². The van der Waals surface area contributed by atoms with Gasteiger partial charge in [0.2, 0.25) is 15.0 Å². The molecular weight excluding hydrogens is 472 g/mol. The summed E-state index contributed by atoms with van der Waals surface area (Å²) < 4.78 is 32.5. The number of sulfone groups is 1. The van der Waals surface area contributed by atoms with Gasteiger partial charge in [-0.25, -0.2) is 8.42 Å². The van der Waals surface area contributed by atoms with Crippen molar-refractivity contribution in [2.75, 3.05) is 11.6 Å². The van der Waals surface area contributed by atoms with Crippen molar-refractivity contribution < 1.29 is 17.9 Å². The van der Waals surface area contributed by atoms with E-state index in [0.29, 0.717) is 17.9 Å². The van der Waals surface area contributed by atoms with Crippen LogP contribution in [0.5, 0.6) is 5.75 Å². The van der Waals surface area contributed by atoms with Crippen LogP contribution in [0.15, 0.2) is 77.5 Å². The van der Waals surface area contributed by atoms with Crippen LogP contribution in [0.3, 0.4) is 0 Å². The fourth-order valence-electron chi connectivity index (χ4n) is 3.13. The zero-order valence-electron chi connectivity index (χ0n) is 17.9. The van der Waals surface area contributed by atoms with E-state index in [1.807, 2.05) is 30.3 Å². The van der Waals surface area contributed by atoms with Crippen molar-refractivity contribution in [3.63, 3.8) is 0 Å². The third kappa shape index (κ3) is 5.46. The van der Waals surface area contributed by atoms with Crippen LogP contribution in [0.1, 0.15) is 11.1 Å². The van der Waals surface area contributed by atoms with Gasteiger partial charge in [-0.1, -0.05) is 54.6 Å². The molecule has 0 unspecified atom stereocenters. The predicted molar refractivity (Wildman–Crippen MR) is 130 cm³/mol. The van der Waals surface area contributed by atoms with Crippen molar-refractivity contribution in [3.8, 4) is 11.8 Å². The van der Waals surface area contributed by atoms with Crippen LogP contribution in [-0.4, -0.2) is 29.9 Å².